The fourth-order valence-corrected chi connectivity index (χ4v) is 1.02. The van der Waals surface area contributed by atoms with Crippen LogP contribution in [0.5, 0.6) is 5.75 Å². The van der Waals surface area contributed by atoms with Gasteiger partial charge in [-0.25, -0.2) is 4.79 Å². The van der Waals surface area contributed by atoms with Crippen LogP contribution in [-0.4, -0.2) is 20.2 Å². The first-order chi connectivity index (χ1) is 6.19. The molecule has 0 fully saturated rings. The molecular formula is C10H11O3. The van der Waals surface area contributed by atoms with Crippen molar-refractivity contribution in [3.63, 3.8) is 0 Å². The Morgan fingerprint density at radius 2 is 2.08 bits per heavy atom. The number of hydrogen-bond donors (Lipinski definition) is 0. The molecule has 0 saturated heterocycles. The molecule has 0 aliphatic rings. The zero-order chi connectivity index (χ0) is 9.84. The van der Waals surface area contributed by atoms with E-state index in [1.807, 2.05) is 0 Å². The molecule has 0 saturated carbocycles. The van der Waals surface area contributed by atoms with Crippen LogP contribution in [0.4, 0.5) is 0 Å². The molecule has 1 aromatic carbocycles. The van der Waals surface area contributed by atoms with Crippen molar-refractivity contribution in [2.75, 3.05) is 14.2 Å². The van der Waals surface area contributed by atoms with Gasteiger partial charge in [-0.2, -0.15) is 0 Å². The minimum Gasteiger partial charge on any atom is -0.496 e. The summed E-state index contributed by atoms with van der Waals surface area (Å²) in [5.74, 6) is 0.0848. The Kier molecular flexibility index (Phi) is 2.90. The SMILES string of the molecule is [CH2]c1ccc(OC)c(C(=O)OC)c1. The molecule has 3 heteroatoms. The highest BCUT2D eigenvalue weighted by Gasteiger charge is 2.11. The second-order valence-corrected chi connectivity index (χ2v) is 2.53. The maximum Gasteiger partial charge on any atom is 0.341 e. The molecular weight excluding hydrogens is 168 g/mol. The highest BCUT2D eigenvalue weighted by molar-refractivity contribution is 5.92. The monoisotopic (exact) mass is 179 g/mol. The lowest BCUT2D eigenvalue weighted by molar-refractivity contribution is 0.0597. The van der Waals surface area contributed by atoms with Crippen molar-refractivity contribution in [2.45, 2.75) is 0 Å². The molecule has 0 heterocycles. The van der Waals surface area contributed by atoms with Crippen LogP contribution in [0.1, 0.15) is 15.9 Å². The Morgan fingerprint density at radius 1 is 1.38 bits per heavy atom. The Morgan fingerprint density at radius 3 is 2.62 bits per heavy atom. The molecule has 0 bridgehead atoms. The van der Waals surface area contributed by atoms with Crippen LogP contribution in [0.25, 0.3) is 0 Å². The standard InChI is InChI=1S/C10H11O3/c1-7-4-5-9(12-2)8(6-7)10(11)13-3/h4-6H,1H2,2-3H3. The number of methoxy groups -OCH3 is 2. The fraction of sp³-hybridized carbons (Fsp3) is 0.200. The van der Waals surface area contributed by atoms with Crippen molar-refractivity contribution < 1.29 is 14.3 Å². The molecule has 1 radical (unpaired) electrons. The van der Waals surface area contributed by atoms with E-state index in [-0.39, 0.29) is 0 Å². The molecule has 0 aliphatic carbocycles. The zero-order valence-electron chi connectivity index (χ0n) is 7.66. The highest BCUT2D eigenvalue weighted by Crippen LogP contribution is 2.19. The average Bonchev–Trinajstić information content (AvgIpc) is 2.16. The molecule has 13 heavy (non-hydrogen) atoms. The van der Waals surface area contributed by atoms with Crippen molar-refractivity contribution in [2.24, 2.45) is 0 Å². The number of ether oxygens (including phenoxy) is 2. The lowest BCUT2D eigenvalue weighted by atomic mass is 10.1. The van der Waals surface area contributed by atoms with Gasteiger partial charge in [-0.15, -0.1) is 0 Å². The minimum absolute atomic E-state index is 0.400. The number of carbonyl (C=O) groups is 1. The van der Waals surface area contributed by atoms with Gasteiger partial charge < -0.3 is 9.47 Å². The summed E-state index contributed by atoms with van der Waals surface area (Å²) >= 11 is 0. The first kappa shape index (κ1) is 9.58. The number of hydrogen-bond acceptors (Lipinski definition) is 3. The van der Waals surface area contributed by atoms with Crippen LogP contribution in [0.3, 0.4) is 0 Å². The smallest absolute Gasteiger partial charge is 0.341 e. The first-order valence-electron chi connectivity index (χ1n) is 3.77. The summed E-state index contributed by atoms with van der Waals surface area (Å²) in [6, 6.07) is 5.09. The predicted molar refractivity (Wildman–Crippen MR) is 48.8 cm³/mol. The quantitative estimate of drug-likeness (QED) is 0.648. The third-order valence-electron chi connectivity index (χ3n) is 1.67. The van der Waals surface area contributed by atoms with E-state index in [0.717, 1.165) is 5.56 Å². The van der Waals surface area contributed by atoms with Crippen LogP contribution >= 0.6 is 0 Å². The number of carbonyl (C=O) groups excluding carboxylic acids is 1. The highest BCUT2D eigenvalue weighted by atomic mass is 16.5. The lowest BCUT2D eigenvalue weighted by Crippen LogP contribution is -2.04. The van der Waals surface area contributed by atoms with Gasteiger partial charge in [-0.3, -0.25) is 0 Å². The summed E-state index contributed by atoms with van der Waals surface area (Å²) in [4.78, 5) is 11.2. The second-order valence-electron chi connectivity index (χ2n) is 2.53. The summed E-state index contributed by atoms with van der Waals surface area (Å²) in [5.41, 5.74) is 1.15. The molecule has 0 atom stereocenters. The average molecular weight is 179 g/mol. The normalized spacial score (nSPS) is 9.46. The van der Waals surface area contributed by atoms with Crippen molar-refractivity contribution >= 4 is 5.97 Å². The Bertz CT molecular complexity index is 318. The predicted octanol–water partition coefficient (Wildman–Crippen LogP) is 1.66. The van der Waals surface area contributed by atoms with E-state index >= 15 is 0 Å². The fourth-order valence-electron chi connectivity index (χ4n) is 1.02. The summed E-state index contributed by atoms with van der Waals surface area (Å²) in [6.07, 6.45) is 0. The van der Waals surface area contributed by atoms with Crippen LogP contribution < -0.4 is 4.74 Å². The van der Waals surface area contributed by atoms with Gasteiger partial charge in [0.1, 0.15) is 11.3 Å². The molecule has 0 amide bonds. The summed E-state index contributed by atoms with van der Waals surface area (Å²) in [6.45, 7) is 3.71. The Hall–Kier alpha value is -1.51. The van der Waals surface area contributed by atoms with Crippen LogP contribution in [0, 0.1) is 6.92 Å². The van der Waals surface area contributed by atoms with Gasteiger partial charge >= 0.3 is 5.97 Å². The zero-order valence-corrected chi connectivity index (χ0v) is 7.66. The number of rotatable bonds is 2. The Balaban J connectivity index is 3.15. The van der Waals surface area contributed by atoms with Gasteiger partial charge in [-0.1, -0.05) is 6.07 Å². The van der Waals surface area contributed by atoms with Gasteiger partial charge in [0.15, 0.2) is 0 Å². The van der Waals surface area contributed by atoms with Gasteiger partial charge in [0.05, 0.1) is 14.2 Å². The maximum atomic E-state index is 11.2. The van der Waals surface area contributed by atoms with Gasteiger partial charge in [0.25, 0.3) is 0 Å². The summed E-state index contributed by atoms with van der Waals surface area (Å²) in [7, 11) is 2.84. The number of benzene rings is 1. The molecule has 0 spiro atoms. The van der Waals surface area contributed by atoms with E-state index in [1.165, 1.54) is 14.2 Å². The molecule has 0 aromatic heterocycles. The maximum absolute atomic E-state index is 11.2. The third kappa shape index (κ3) is 1.99. The van der Waals surface area contributed by atoms with Crippen molar-refractivity contribution in [1.82, 2.24) is 0 Å². The van der Waals surface area contributed by atoms with Crippen molar-refractivity contribution in [1.29, 1.82) is 0 Å². The molecule has 1 aromatic rings. The second kappa shape index (κ2) is 3.94. The number of esters is 1. The van der Waals surface area contributed by atoms with E-state index in [4.69, 9.17) is 4.74 Å². The van der Waals surface area contributed by atoms with Crippen molar-refractivity contribution in [3.05, 3.63) is 36.2 Å². The van der Waals surface area contributed by atoms with E-state index in [2.05, 4.69) is 11.7 Å². The van der Waals surface area contributed by atoms with Crippen molar-refractivity contribution in [3.8, 4) is 5.75 Å². The van der Waals surface area contributed by atoms with Gasteiger partial charge in [0, 0.05) is 0 Å². The van der Waals surface area contributed by atoms with Gasteiger partial charge in [0.2, 0.25) is 0 Å². The van der Waals surface area contributed by atoms with E-state index in [0.29, 0.717) is 11.3 Å². The summed E-state index contributed by atoms with van der Waals surface area (Å²) in [5, 5.41) is 0. The van der Waals surface area contributed by atoms with Crippen LogP contribution in [-0.2, 0) is 4.74 Å². The first-order valence-corrected chi connectivity index (χ1v) is 3.77. The summed E-state index contributed by atoms with van der Waals surface area (Å²) < 4.78 is 9.58. The minimum atomic E-state index is -0.414. The largest absolute Gasteiger partial charge is 0.496 e. The third-order valence-corrected chi connectivity index (χ3v) is 1.67. The van der Waals surface area contributed by atoms with Crippen LogP contribution in [0.2, 0.25) is 0 Å². The lowest BCUT2D eigenvalue weighted by Gasteiger charge is -2.06. The van der Waals surface area contributed by atoms with Crippen LogP contribution in [0.15, 0.2) is 18.2 Å². The molecule has 1 rings (SSSR count). The van der Waals surface area contributed by atoms with E-state index in [1.54, 1.807) is 18.2 Å². The topological polar surface area (TPSA) is 35.5 Å². The molecule has 0 unspecified atom stereocenters. The van der Waals surface area contributed by atoms with Gasteiger partial charge in [-0.05, 0) is 24.6 Å². The molecule has 69 valence electrons. The Labute approximate surface area is 77.3 Å². The molecule has 3 nitrogen and oxygen atoms in total. The van der Waals surface area contributed by atoms with E-state index < -0.39 is 5.97 Å². The molecule has 0 aliphatic heterocycles. The van der Waals surface area contributed by atoms with E-state index in [9.17, 15) is 4.79 Å². The molecule has 0 N–H and O–H groups in total.